The zero-order valence-corrected chi connectivity index (χ0v) is 10.6. The summed E-state index contributed by atoms with van der Waals surface area (Å²) in [5.41, 5.74) is 1.97. The molecule has 7 heteroatoms. The van der Waals surface area contributed by atoms with E-state index >= 15 is 0 Å². The van der Waals surface area contributed by atoms with Gasteiger partial charge in [0.15, 0.2) is 0 Å². The molecule has 2 rings (SSSR count). The van der Waals surface area contributed by atoms with Gasteiger partial charge in [0.25, 0.3) is 5.91 Å². The first-order chi connectivity index (χ1) is 9.15. The molecule has 1 aromatic carbocycles. The van der Waals surface area contributed by atoms with Crippen LogP contribution in [0.2, 0.25) is 0 Å². The molecule has 3 N–H and O–H groups in total. The first-order valence-corrected chi connectivity index (χ1v) is 6.06. The molecule has 1 heterocycles. The topological polar surface area (TPSA) is 100 Å². The molecule has 102 valence electrons. The number of fused-ring (bicyclic) bond motifs is 1. The van der Waals surface area contributed by atoms with Gasteiger partial charge in [-0.1, -0.05) is 5.21 Å². The van der Waals surface area contributed by atoms with Crippen LogP contribution in [0.1, 0.15) is 17.3 Å². The third-order valence-electron chi connectivity index (χ3n) is 2.78. The Morgan fingerprint density at radius 2 is 2.32 bits per heavy atom. The van der Waals surface area contributed by atoms with Crippen LogP contribution in [-0.4, -0.2) is 50.4 Å². The quantitative estimate of drug-likeness (QED) is 0.678. The monoisotopic (exact) mass is 264 g/mol. The standard InChI is InChI=1S/C12H16N4O3/c1-2-16-11-4-3-8(5-10(11)14-15-16)12(19)13-6-9(18)7-17/h3-5,9,17-18H,2,6-7H2,1H3,(H,13,19). The number of aryl methyl sites for hydroxylation is 1. The van der Waals surface area contributed by atoms with Crippen molar-refractivity contribution >= 4 is 16.9 Å². The van der Waals surface area contributed by atoms with E-state index in [1.165, 1.54) is 0 Å². The molecule has 0 saturated heterocycles. The highest BCUT2D eigenvalue weighted by molar-refractivity contribution is 5.97. The van der Waals surface area contributed by atoms with Gasteiger partial charge in [0.05, 0.1) is 18.2 Å². The van der Waals surface area contributed by atoms with Crippen molar-refractivity contribution in [2.24, 2.45) is 0 Å². The fraction of sp³-hybridized carbons (Fsp3) is 0.417. The van der Waals surface area contributed by atoms with Crippen molar-refractivity contribution < 1.29 is 15.0 Å². The number of nitrogens with zero attached hydrogens (tertiary/aromatic N) is 3. The number of nitrogens with one attached hydrogen (secondary N) is 1. The SMILES string of the molecule is CCn1nnc2cc(C(=O)NCC(O)CO)ccc21. The number of rotatable bonds is 5. The van der Waals surface area contributed by atoms with Gasteiger partial charge in [-0.3, -0.25) is 4.79 Å². The summed E-state index contributed by atoms with van der Waals surface area (Å²) in [4.78, 5) is 11.8. The Morgan fingerprint density at radius 3 is 3.00 bits per heavy atom. The van der Waals surface area contributed by atoms with Crippen molar-refractivity contribution in [3.63, 3.8) is 0 Å². The van der Waals surface area contributed by atoms with E-state index in [1.54, 1.807) is 22.9 Å². The number of hydrogen-bond donors (Lipinski definition) is 3. The van der Waals surface area contributed by atoms with E-state index in [0.717, 1.165) is 5.52 Å². The highest BCUT2D eigenvalue weighted by atomic mass is 16.3. The lowest BCUT2D eigenvalue weighted by Crippen LogP contribution is -2.33. The lowest BCUT2D eigenvalue weighted by atomic mass is 10.2. The van der Waals surface area contributed by atoms with E-state index < -0.39 is 6.10 Å². The first kappa shape index (κ1) is 13.4. The maximum absolute atomic E-state index is 11.8. The molecule has 1 aromatic heterocycles. The molecule has 19 heavy (non-hydrogen) atoms. The number of aliphatic hydroxyl groups excluding tert-OH is 2. The molecule has 0 spiro atoms. The fourth-order valence-corrected chi connectivity index (χ4v) is 1.72. The van der Waals surface area contributed by atoms with Crippen molar-refractivity contribution in [2.45, 2.75) is 19.6 Å². The van der Waals surface area contributed by atoms with Crippen LogP contribution in [0.25, 0.3) is 11.0 Å². The van der Waals surface area contributed by atoms with Crippen LogP contribution in [-0.2, 0) is 6.54 Å². The van der Waals surface area contributed by atoms with Crippen molar-refractivity contribution in [1.29, 1.82) is 0 Å². The van der Waals surface area contributed by atoms with Crippen LogP contribution in [0.3, 0.4) is 0 Å². The maximum atomic E-state index is 11.8. The molecule has 2 aromatic rings. The Morgan fingerprint density at radius 1 is 1.53 bits per heavy atom. The Hall–Kier alpha value is -1.99. The molecule has 0 aliphatic heterocycles. The normalized spacial score (nSPS) is 12.6. The molecule has 0 radical (unpaired) electrons. The van der Waals surface area contributed by atoms with Crippen LogP contribution in [0.4, 0.5) is 0 Å². The van der Waals surface area contributed by atoms with Gasteiger partial charge in [-0.05, 0) is 25.1 Å². The summed E-state index contributed by atoms with van der Waals surface area (Å²) < 4.78 is 1.74. The van der Waals surface area contributed by atoms with E-state index in [4.69, 9.17) is 5.11 Å². The van der Waals surface area contributed by atoms with Gasteiger partial charge in [-0.25, -0.2) is 4.68 Å². The average Bonchev–Trinajstić information content (AvgIpc) is 2.86. The van der Waals surface area contributed by atoms with E-state index in [2.05, 4.69) is 15.6 Å². The molecular weight excluding hydrogens is 248 g/mol. The summed E-state index contributed by atoms with van der Waals surface area (Å²) in [6.45, 7) is 2.30. The van der Waals surface area contributed by atoms with Crippen molar-refractivity contribution in [3.8, 4) is 0 Å². The number of carbonyl (C=O) groups is 1. The number of carbonyl (C=O) groups excluding carboxylic acids is 1. The number of hydrogen-bond acceptors (Lipinski definition) is 5. The molecule has 7 nitrogen and oxygen atoms in total. The van der Waals surface area contributed by atoms with E-state index in [0.29, 0.717) is 17.6 Å². The Labute approximate surface area is 109 Å². The summed E-state index contributed by atoms with van der Waals surface area (Å²) in [5.74, 6) is -0.319. The average molecular weight is 264 g/mol. The van der Waals surface area contributed by atoms with Crippen molar-refractivity contribution in [3.05, 3.63) is 23.8 Å². The maximum Gasteiger partial charge on any atom is 0.251 e. The summed E-state index contributed by atoms with van der Waals surface area (Å²) >= 11 is 0. The Balaban J connectivity index is 2.14. The largest absolute Gasteiger partial charge is 0.394 e. The van der Waals surface area contributed by atoms with Gasteiger partial charge in [-0.15, -0.1) is 5.10 Å². The molecule has 1 amide bonds. The predicted molar refractivity (Wildman–Crippen MR) is 68.6 cm³/mol. The molecule has 0 bridgehead atoms. The number of amides is 1. The number of benzene rings is 1. The Kier molecular flexibility index (Phi) is 4.08. The van der Waals surface area contributed by atoms with Gasteiger partial charge in [0.1, 0.15) is 5.52 Å². The third-order valence-corrected chi connectivity index (χ3v) is 2.78. The molecule has 0 aliphatic carbocycles. The molecule has 0 saturated carbocycles. The number of aromatic nitrogens is 3. The minimum Gasteiger partial charge on any atom is -0.394 e. The smallest absolute Gasteiger partial charge is 0.251 e. The molecule has 0 aliphatic rings. The first-order valence-electron chi connectivity index (χ1n) is 6.06. The second-order valence-corrected chi connectivity index (χ2v) is 4.16. The van der Waals surface area contributed by atoms with Crippen molar-refractivity contribution in [1.82, 2.24) is 20.3 Å². The minimum absolute atomic E-state index is 0.00895. The van der Waals surface area contributed by atoms with Crippen LogP contribution in [0.5, 0.6) is 0 Å². The summed E-state index contributed by atoms with van der Waals surface area (Å²) in [5, 5.41) is 28.3. The van der Waals surface area contributed by atoms with Gasteiger partial charge in [0.2, 0.25) is 0 Å². The van der Waals surface area contributed by atoms with Crippen LogP contribution < -0.4 is 5.32 Å². The highest BCUT2D eigenvalue weighted by Gasteiger charge is 2.11. The van der Waals surface area contributed by atoms with Crippen molar-refractivity contribution in [2.75, 3.05) is 13.2 Å². The Bertz CT molecular complexity index is 581. The van der Waals surface area contributed by atoms with Crippen LogP contribution in [0.15, 0.2) is 18.2 Å². The molecule has 0 fully saturated rings. The number of aliphatic hydroxyl groups is 2. The van der Waals surface area contributed by atoms with Gasteiger partial charge >= 0.3 is 0 Å². The van der Waals surface area contributed by atoms with Gasteiger partial charge in [-0.2, -0.15) is 0 Å². The zero-order valence-electron chi connectivity index (χ0n) is 10.6. The minimum atomic E-state index is -0.950. The zero-order chi connectivity index (χ0) is 13.8. The lowest BCUT2D eigenvalue weighted by Gasteiger charge is -2.08. The third kappa shape index (κ3) is 2.88. The summed E-state index contributed by atoms with van der Waals surface area (Å²) in [6.07, 6.45) is -0.950. The van der Waals surface area contributed by atoms with Gasteiger partial charge in [0, 0.05) is 18.7 Å². The van der Waals surface area contributed by atoms with E-state index in [-0.39, 0.29) is 19.1 Å². The predicted octanol–water partition coefficient (Wildman–Crippen LogP) is -0.466. The second-order valence-electron chi connectivity index (χ2n) is 4.16. The lowest BCUT2D eigenvalue weighted by molar-refractivity contribution is 0.0802. The highest BCUT2D eigenvalue weighted by Crippen LogP contribution is 2.13. The molecule has 1 unspecified atom stereocenters. The fourth-order valence-electron chi connectivity index (χ4n) is 1.72. The summed E-state index contributed by atoms with van der Waals surface area (Å²) in [7, 11) is 0. The van der Waals surface area contributed by atoms with E-state index in [9.17, 15) is 9.90 Å². The van der Waals surface area contributed by atoms with Crippen LogP contribution in [0, 0.1) is 0 Å². The molecular formula is C12H16N4O3. The van der Waals surface area contributed by atoms with E-state index in [1.807, 2.05) is 6.92 Å². The summed E-state index contributed by atoms with van der Waals surface area (Å²) in [6, 6.07) is 5.11. The molecule has 1 atom stereocenters. The van der Waals surface area contributed by atoms with Gasteiger partial charge < -0.3 is 15.5 Å². The second kappa shape index (κ2) is 5.77. The van der Waals surface area contributed by atoms with Crippen LogP contribution >= 0.6 is 0 Å².